The van der Waals surface area contributed by atoms with Crippen molar-refractivity contribution in [1.29, 1.82) is 0 Å². The standard InChI is InChI=1S/C21H27ClN4O2S/c1-13-8-16(11-21(2,3)10-13)23-18(27)9-17-12-29-20(25-17)26-19(28)24-15-6-4-14(22)5-7-15/h4-7,12-13,16H,8-11H2,1-3H3,(H,23,27)(H2,24,25,26,28). The average Bonchev–Trinajstić information content (AvgIpc) is 3.01. The molecular formula is C21H27ClN4O2S. The van der Waals surface area contributed by atoms with Crippen LogP contribution in [0.1, 0.15) is 45.7 Å². The number of aromatic nitrogens is 1. The quantitative estimate of drug-likeness (QED) is 0.595. The van der Waals surface area contributed by atoms with E-state index in [-0.39, 0.29) is 23.8 Å². The molecule has 1 fully saturated rings. The molecule has 6 nitrogen and oxygen atoms in total. The third-order valence-electron chi connectivity index (χ3n) is 4.97. The van der Waals surface area contributed by atoms with Gasteiger partial charge in [0.25, 0.3) is 0 Å². The molecule has 156 valence electrons. The van der Waals surface area contributed by atoms with Gasteiger partial charge in [-0.2, -0.15) is 0 Å². The maximum absolute atomic E-state index is 12.4. The molecule has 2 atom stereocenters. The Kier molecular flexibility index (Phi) is 6.80. The van der Waals surface area contributed by atoms with Crippen molar-refractivity contribution in [1.82, 2.24) is 10.3 Å². The Bertz CT molecular complexity index is 866. The van der Waals surface area contributed by atoms with Crippen LogP contribution < -0.4 is 16.0 Å². The van der Waals surface area contributed by atoms with Crippen LogP contribution in [0.2, 0.25) is 5.02 Å². The van der Waals surface area contributed by atoms with E-state index in [1.807, 2.05) is 0 Å². The summed E-state index contributed by atoms with van der Waals surface area (Å²) in [7, 11) is 0. The highest BCUT2D eigenvalue weighted by Gasteiger charge is 2.32. The number of nitrogens with one attached hydrogen (secondary N) is 3. The molecule has 1 aromatic carbocycles. The number of nitrogens with zero attached hydrogens (tertiary/aromatic N) is 1. The molecule has 1 aliphatic carbocycles. The predicted molar refractivity (Wildman–Crippen MR) is 119 cm³/mol. The van der Waals surface area contributed by atoms with E-state index in [1.54, 1.807) is 29.6 Å². The Balaban J connectivity index is 1.48. The minimum atomic E-state index is -0.393. The zero-order chi connectivity index (χ0) is 21.0. The van der Waals surface area contributed by atoms with Crippen molar-refractivity contribution in [2.24, 2.45) is 11.3 Å². The largest absolute Gasteiger partial charge is 0.353 e. The van der Waals surface area contributed by atoms with Gasteiger partial charge in [0.05, 0.1) is 12.1 Å². The van der Waals surface area contributed by atoms with E-state index in [9.17, 15) is 9.59 Å². The molecule has 3 amide bonds. The second kappa shape index (κ2) is 9.13. The van der Waals surface area contributed by atoms with Crippen molar-refractivity contribution in [2.75, 3.05) is 10.6 Å². The third kappa shape index (κ3) is 6.72. The normalized spacial score (nSPS) is 20.7. The fraction of sp³-hybridized carbons (Fsp3) is 0.476. The highest BCUT2D eigenvalue weighted by molar-refractivity contribution is 7.14. The van der Waals surface area contributed by atoms with E-state index in [0.29, 0.717) is 27.5 Å². The van der Waals surface area contributed by atoms with Crippen molar-refractivity contribution in [3.05, 3.63) is 40.4 Å². The van der Waals surface area contributed by atoms with Gasteiger partial charge in [0.1, 0.15) is 0 Å². The van der Waals surface area contributed by atoms with Crippen LogP contribution in [0, 0.1) is 11.3 Å². The smallest absolute Gasteiger partial charge is 0.325 e. The minimum absolute atomic E-state index is 0.0256. The lowest BCUT2D eigenvalue weighted by Crippen LogP contribution is -2.43. The van der Waals surface area contributed by atoms with Crippen LogP contribution in [0.3, 0.4) is 0 Å². The van der Waals surface area contributed by atoms with E-state index in [1.165, 1.54) is 17.8 Å². The van der Waals surface area contributed by atoms with Gasteiger partial charge in [-0.05, 0) is 54.9 Å². The molecule has 8 heteroatoms. The fourth-order valence-electron chi connectivity index (χ4n) is 4.14. The Morgan fingerprint density at radius 1 is 1.21 bits per heavy atom. The van der Waals surface area contributed by atoms with Crippen LogP contribution in [0.5, 0.6) is 0 Å². The van der Waals surface area contributed by atoms with E-state index in [0.717, 1.165) is 12.8 Å². The summed E-state index contributed by atoms with van der Waals surface area (Å²) in [6, 6.07) is 6.65. The van der Waals surface area contributed by atoms with Gasteiger partial charge in [0.2, 0.25) is 5.91 Å². The molecule has 1 heterocycles. The minimum Gasteiger partial charge on any atom is -0.353 e. The van der Waals surface area contributed by atoms with E-state index in [4.69, 9.17) is 11.6 Å². The lowest BCUT2D eigenvalue weighted by molar-refractivity contribution is -0.121. The summed E-state index contributed by atoms with van der Waals surface area (Å²) in [5.41, 5.74) is 1.54. The van der Waals surface area contributed by atoms with Crippen LogP contribution in [-0.2, 0) is 11.2 Å². The van der Waals surface area contributed by atoms with Crippen LogP contribution in [0.25, 0.3) is 0 Å². The van der Waals surface area contributed by atoms with Crippen molar-refractivity contribution < 1.29 is 9.59 Å². The van der Waals surface area contributed by atoms with Crippen LogP contribution in [0.4, 0.5) is 15.6 Å². The monoisotopic (exact) mass is 434 g/mol. The van der Waals surface area contributed by atoms with Crippen molar-refractivity contribution in [3.63, 3.8) is 0 Å². The number of amides is 3. The molecule has 1 aromatic heterocycles. The van der Waals surface area contributed by atoms with Gasteiger partial charge in [-0.1, -0.05) is 32.4 Å². The van der Waals surface area contributed by atoms with E-state index in [2.05, 4.69) is 41.7 Å². The van der Waals surface area contributed by atoms with Gasteiger partial charge in [0, 0.05) is 22.1 Å². The topological polar surface area (TPSA) is 83.1 Å². The number of halogens is 1. The van der Waals surface area contributed by atoms with Gasteiger partial charge in [-0.25, -0.2) is 9.78 Å². The molecule has 0 spiro atoms. The highest BCUT2D eigenvalue weighted by Crippen LogP contribution is 2.38. The van der Waals surface area contributed by atoms with Crippen molar-refractivity contribution in [3.8, 4) is 0 Å². The van der Waals surface area contributed by atoms with Gasteiger partial charge < -0.3 is 10.6 Å². The summed E-state index contributed by atoms with van der Waals surface area (Å²) in [5.74, 6) is 0.584. The second-order valence-corrected chi connectivity index (χ2v) is 9.88. The first kappa shape index (κ1) is 21.6. The predicted octanol–water partition coefficient (Wildman–Crippen LogP) is 5.31. The SMILES string of the molecule is CC1CC(NC(=O)Cc2csc(NC(=O)Nc3ccc(Cl)cc3)n2)CC(C)(C)C1. The summed E-state index contributed by atoms with van der Waals surface area (Å²) >= 11 is 7.13. The average molecular weight is 435 g/mol. The van der Waals surface area contributed by atoms with E-state index < -0.39 is 6.03 Å². The first-order valence-electron chi connectivity index (χ1n) is 9.76. The Morgan fingerprint density at radius 3 is 2.62 bits per heavy atom. The van der Waals surface area contributed by atoms with Gasteiger partial charge in [-0.15, -0.1) is 11.3 Å². The first-order chi connectivity index (χ1) is 13.7. The lowest BCUT2D eigenvalue weighted by Gasteiger charge is -2.39. The summed E-state index contributed by atoms with van der Waals surface area (Å²) in [4.78, 5) is 28.9. The Morgan fingerprint density at radius 2 is 1.93 bits per heavy atom. The molecule has 0 saturated heterocycles. The van der Waals surface area contributed by atoms with Crippen LogP contribution >= 0.6 is 22.9 Å². The number of anilines is 2. The Labute approximate surface area is 180 Å². The van der Waals surface area contributed by atoms with E-state index >= 15 is 0 Å². The number of carbonyl (C=O) groups excluding carboxylic acids is 2. The molecule has 0 bridgehead atoms. The molecular weight excluding hydrogens is 408 g/mol. The zero-order valence-corrected chi connectivity index (χ0v) is 18.5. The molecule has 1 aliphatic rings. The molecule has 0 radical (unpaired) electrons. The van der Waals surface area contributed by atoms with Gasteiger partial charge in [-0.3, -0.25) is 10.1 Å². The maximum atomic E-state index is 12.4. The number of hydrogen-bond donors (Lipinski definition) is 3. The van der Waals surface area contributed by atoms with Crippen LogP contribution in [-0.4, -0.2) is 23.0 Å². The molecule has 1 saturated carbocycles. The lowest BCUT2D eigenvalue weighted by atomic mass is 9.70. The third-order valence-corrected chi connectivity index (χ3v) is 6.03. The molecule has 3 N–H and O–H groups in total. The fourth-order valence-corrected chi connectivity index (χ4v) is 4.97. The molecule has 3 rings (SSSR count). The number of benzene rings is 1. The number of urea groups is 1. The summed E-state index contributed by atoms with van der Waals surface area (Å²) in [5, 5.41) is 11.4. The first-order valence-corrected chi connectivity index (χ1v) is 11.0. The molecule has 0 aliphatic heterocycles. The van der Waals surface area contributed by atoms with Crippen LogP contribution in [0.15, 0.2) is 29.6 Å². The van der Waals surface area contributed by atoms with Gasteiger partial charge >= 0.3 is 6.03 Å². The molecule has 2 unspecified atom stereocenters. The molecule has 2 aromatic rings. The maximum Gasteiger partial charge on any atom is 0.325 e. The van der Waals surface area contributed by atoms with Crippen molar-refractivity contribution in [2.45, 2.75) is 52.5 Å². The molecule has 29 heavy (non-hydrogen) atoms. The summed E-state index contributed by atoms with van der Waals surface area (Å²) in [6.45, 7) is 6.76. The zero-order valence-electron chi connectivity index (χ0n) is 16.9. The number of hydrogen-bond acceptors (Lipinski definition) is 4. The number of carbonyl (C=O) groups is 2. The number of rotatable bonds is 5. The van der Waals surface area contributed by atoms with Gasteiger partial charge in [0.15, 0.2) is 5.13 Å². The Hall–Kier alpha value is -2.12. The number of thiazole rings is 1. The van der Waals surface area contributed by atoms with Crippen molar-refractivity contribution >= 4 is 45.7 Å². The highest BCUT2D eigenvalue weighted by atomic mass is 35.5. The summed E-state index contributed by atoms with van der Waals surface area (Å²) in [6.07, 6.45) is 3.42. The second-order valence-electron chi connectivity index (χ2n) is 8.58. The summed E-state index contributed by atoms with van der Waals surface area (Å²) < 4.78 is 0.